The second-order valence-corrected chi connectivity index (χ2v) is 4.34. The molecule has 1 amide bonds. The van der Waals surface area contributed by atoms with E-state index in [0.29, 0.717) is 19.8 Å². The summed E-state index contributed by atoms with van der Waals surface area (Å²) in [4.78, 5) is 22.5. The predicted octanol–water partition coefficient (Wildman–Crippen LogP) is 0.113. The summed E-state index contributed by atoms with van der Waals surface area (Å²) in [5.74, 6) is 0.0333. The Morgan fingerprint density at radius 2 is 1.95 bits per heavy atom. The number of ketones is 1. The average molecular weight is 274 g/mol. The summed E-state index contributed by atoms with van der Waals surface area (Å²) >= 11 is 0. The minimum Gasteiger partial charge on any atom is -0.382 e. The summed E-state index contributed by atoms with van der Waals surface area (Å²) in [7, 11) is 3.37. The van der Waals surface area contributed by atoms with Crippen molar-refractivity contribution < 1.29 is 19.1 Å². The van der Waals surface area contributed by atoms with Gasteiger partial charge in [-0.1, -0.05) is 0 Å². The van der Waals surface area contributed by atoms with Gasteiger partial charge in [-0.3, -0.25) is 9.59 Å². The number of amides is 1. The number of likely N-dealkylation sites (N-methyl/N-ethyl adjacent to an activating group) is 1. The molecule has 0 aliphatic heterocycles. The minimum absolute atomic E-state index is 0.0654. The van der Waals surface area contributed by atoms with Gasteiger partial charge in [-0.05, 0) is 33.2 Å². The van der Waals surface area contributed by atoms with E-state index in [-0.39, 0.29) is 24.3 Å². The molecular weight excluding hydrogens is 248 g/mol. The van der Waals surface area contributed by atoms with Crippen LogP contribution in [0.25, 0.3) is 0 Å². The Labute approximate surface area is 115 Å². The molecule has 0 fully saturated rings. The van der Waals surface area contributed by atoms with Crippen LogP contribution >= 0.6 is 0 Å². The van der Waals surface area contributed by atoms with Gasteiger partial charge in [0.1, 0.15) is 12.4 Å². The van der Waals surface area contributed by atoms with Crippen molar-refractivity contribution >= 4 is 11.7 Å². The van der Waals surface area contributed by atoms with E-state index >= 15 is 0 Å². The van der Waals surface area contributed by atoms with Gasteiger partial charge in [0, 0.05) is 13.7 Å². The molecule has 0 aromatic carbocycles. The van der Waals surface area contributed by atoms with Gasteiger partial charge in [0.05, 0.1) is 19.3 Å². The molecule has 6 heteroatoms. The molecule has 2 N–H and O–H groups in total. The molecule has 0 bridgehead atoms. The van der Waals surface area contributed by atoms with Crippen molar-refractivity contribution in [2.75, 3.05) is 40.5 Å². The lowest BCUT2D eigenvalue weighted by molar-refractivity contribution is -0.126. The molecule has 0 aromatic heterocycles. The van der Waals surface area contributed by atoms with Crippen LogP contribution in [0.15, 0.2) is 0 Å². The van der Waals surface area contributed by atoms with Gasteiger partial charge in [0.15, 0.2) is 0 Å². The molecule has 1 atom stereocenters. The highest BCUT2D eigenvalue weighted by Gasteiger charge is 2.10. The lowest BCUT2D eigenvalue weighted by Crippen LogP contribution is -2.32. The van der Waals surface area contributed by atoms with Crippen LogP contribution in [0.1, 0.15) is 26.2 Å². The lowest BCUT2D eigenvalue weighted by Gasteiger charge is -2.12. The molecule has 0 heterocycles. The molecule has 0 saturated heterocycles. The molecule has 0 spiro atoms. The number of carbonyl (C=O) groups excluding carboxylic acids is 2. The first-order valence-electron chi connectivity index (χ1n) is 6.63. The number of hydrogen-bond donors (Lipinski definition) is 2. The minimum atomic E-state index is -0.118. The molecule has 19 heavy (non-hydrogen) atoms. The third-order valence-corrected chi connectivity index (χ3v) is 2.75. The van der Waals surface area contributed by atoms with Crippen LogP contribution in [0, 0.1) is 0 Å². The molecular formula is C13H26N2O4. The molecule has 0 radical (unpaired) electrons. The van der Waals surface area contributed by atoms with Crippen molar-refractivity contribution in [3.63, 3.8) is 0 Å². The Hall–Kier alpha value is -0.980. The van der Waals surface area contributed by atoms with Crippen molar-refractivity contribution in [3.05, 3.63) is 0 Å². The SMILES string of the molecule is CN[C@@H](CCCCNC(=O)COCCOC)C(C)=O. The molecule has 0 aromatic rings. The average Bonchev–Trinajstić information content (AvgIpc) is 2.38. The van der Waals surface area contributed by atoms with Crippen LogP contribution in [0.3, 0.4) is 0 Å². The standard InChI is InChI=1S/C13H26N2O4/c1-11(16)12(14-2)6-4-5-7-15-13(17)10-19-9-8-18-3/h12,14H,4-10H2,1-3H3,(H,15,17)/t12-/m0/s1. The summed E-state index contributed by atoms with van der Waals surface area (Å²) in [6, 6.07) is -0.0759. The number of rotatable bonds is 12. The van der Waals surface area contributed by atoms with E-state index < -0.39 is 0 Å². The number of nitrogens with one attached hydrogen (secondary N) is 2. The zero-order valence-electron chi connectivity index (χ0n) is 12.2. The summed E-state index contributed by atoms with van der Waals surface area (Å²) in [6.07, 6.45) is 2.55. The zero-order chi connectivity index (χ0) is 14.5. The van der Waals surface area contributed by atoms with Crippen molar-refractivity contribution in [2.24, 2.45) is 0 Å². The normalized spacial score (nSPS) is 12.2. The molecule has 112 valence electrons. The summed E-state index contributed by atoms with van der Waals surface area (Å²) in [5.41, 5.74) is 0. The Bertz CT molecular complexity index is 259. The van der Waals surface area contributed by atoms with Gasteiger partial charge in [-0.15, -0.1) is 0 Å². The highest BCUT2D eigenvalue weighted by Crippen LogP contribution is 2.01. The number of unbranched alkanes of at least 4 members (excludes halogenated alkanes) is 1. The summed E-state index contributed by atoms with van der Waals surface area (Å²) in [5, 5.41) is 5.74. The maximum atomic E-state index is 11.3. The van der Waals surface area contributed by atoms with Crippen LogP contribution < -0.4 is 10.6 Å². The Morgan fingerprint density at radius 1 is 1.21 bits per heavy atom. The van der Waals surface area contributed by atoms with Gasteiger partial charge < -0.3 is 20.1 Å². The third kappa shape index (κ3) is 10.6. The zero-order valence-corrected chi connectivity index (χ0v) is 12.2. The van der Waals surface area contributed by atoms with Crippen LogP contribution in [-0.2, 0) is 19.1 Å². The topological polar surface area (TPSA) is 76.7 Å². The van der Waals surface area contributed by atoms with Crippen molar-refractivity contribution in [1.29, 1.82) is 0 Å². The van der Waals surface area contributed by atoms with Gasteiger partial charge in [0.2, 0.25) is 5.91 Å². The molecule has 0 rings (SSSR count). The number of ether oxygens (including phenoxy) is 2. The smallest absolute Gasteiger partial charge is 0.245 e. The van der Waals surface area contributed by atoms with Crippen molar-refractivity contribution in [2.45, 2.75) is 32.2 Å². The van der Waals surface area contributed by atoms with Gasteiger partial charge in [0.25, 0.3) is 0 Å². The summed E-state index contributed by atoms with van der Waals surface area (Å²) in [6.45, 7) is 3.17. The number of methoxy groups -OCH3 is 1. The second-order valence-electron chi connectivity index (χ2n) is 4.34. The van der Waals surface area contributed by atoms with E-state index in [1.165, 1.54) is 0 Å². The number of carbonyl (C=O) groups is 2. The number of hydrogen-bond acceptors (Lipinski definition) is 5. The van der Waals surface area contributed by atoms with Crippen LogP contribution in [0.2, 0.25) is 0 Å². The van der Waals surface area contributed by atoms with Crippen LogP contribution in [0.5, 0.6) is 0 Å². The van der Waals surface area contributed by atoms with E-state index in [4.69, 9.17) is 9.47 Å². The largest absolute Gasteiger partial charge is 0.382 e. The molecule has 0 aliphatic carbocycles. The molecule has 0 aliphatic rings. The summed E-state index contributed by atoms with van der Waals surface area (Å²) < 4.78 is 9.89. The van der Waals surface area contributed by atoms with Crippen molar-refractivity contribution in [3.8, 4) is 0 Å². The number of Topliss-reactive ketones (excluding diaryl/α,β-unsaturated/α-hetero) is 1. The fourth-order valence-electron chi connectivity index (χ4n) is 1.61. The lowest BCUT2D eigenvalue weighted by atomic mass is 10.1. The Kier molecular flexibility index (Phi) is 11.5. The van der Waals surface area contributed by atoms with E-state index in [1.54, 1.807) is 21.1 Å². The van der Waals surface area contributed by atoms with E-state index in [0.717, 1.165) is 19.3 Å². The van der Waals surface area contributed by atoms with Gasteiger partial charge in [-0.2, -0.15) is 0 Å². The van der Waals surface area contributed by atoms with Crippen molar-refractivity contribution in [1.82, 2.24) is 10.6 Å². The van der Waals surface area contributed by atoms with E-state index in [2.05, 4.69) is 10.6 Å². The predicted molar refractivity (Wildman–Crippen MR) is 73.1 cm³/mol. The van der Waals surface area contributed by atoms with Gasteiger partial charge in [-0.25, -0.2) is 0 Å². The third-order valence-electron chi connectivity index (χ3n) is 2.75. The Morgan fingerprint density at radius 3 is 2.53 bits per heavy atom. The molecule has 0 saturated carbocycles. The maximum Gasteiger partial charge on any atom is 0.245 e. The first-order valence-corrected chi connectivity index (χ1v) is 6.63. The first kappa shape index (κ1) is 18.0. The molecule has 6 nitrogen and oxygen atoms in total. The van der Waals surface area contributed by atoms with Crippen LogP contribution in [0.4, 0.5) is 0 Å². The fraction of sp³-hybridized carbons (Fsp3) is 0.846. The molecule has 0 unspecified atom stereocenters. The Balaban J connectivity index is 3.43. The van der Waals surface area contributed by atoms with Gasteiger partial charge >= 0.3 is 0 Å². The van der Waals surface area contributed by atoms with E-state index in [9.17, 15) is 9.59 Å². The fourth-order valence-corrected chi connectivity index (χ4v) is 1.61. The maximum absolute atomic E-state index is 11.3. The van der Waals surface area contributed by atoms with Crippen LogP contribution in [-0.4, -0.2) is 58.3 Å². The quantitative estimate of drug-likeness (QED) is 0.494. The second kappa shape index (κ2) is 12.1. The highest BCUT2D eigenvalue weighted by molar-refractivity contribution is 5.81. The van der Waals surface area contributed by atoms with E-state index in [1.807, 2.05) is 0 Å². The first-order chi connectivity index (χ1) is 9.11. The monoisotopic (exact) mass is 274 g/mol. The highest BCUT2D eigenvalue weighted by atomic mass is 16.5.